The molecule has 4 heteroatoms. The van der Waals surface area contributed by atoms with Gasteiger partial charge < -0.3 is 4.98 Å². The monoisotopic (exact) mass is 281 g/mol. The topological polar surface area (TPSA) is 32.9 Å². The fraction of sp³-hybridized carbons (Fsp3) is 0.0833. The van der Waals surface area contributed by atoms with E-state index in [9.17, 15) is 9.18 Å². The molecule has 1 aromatic carbocycles. The quantitative estimate of drug-likeness (QED) is 0.844. The van der Waals surface area contributed by atoms with Crippen LogP contribution in [0.25, 0.3) is 11.1 Å². The molecule has 0 bridgehead atoms. The molecule has 2 aromatic rings. The van der Waals surface area contributed by atoms with Crippen LogP contribution in [0.2, 0.25) is 0 Å². The zero-order valence-corrected chi connectivity index (χ0v) is 9.92. The summed E-state index contributed by atoms with van der Waals surface area (Å²) < 4.78 is 13.5. The van der Waals surface area contributed by atoms with E-state index in [-0.39, 0.29) is 11.4 Å². The van der Waals surface area contributed by atoms with Crippen LogP contribution in [0.4, 0.5) is 4.39 Å². The maximum atomic E-state index is 13.5. The zero-order chi connectivity index (χ0) is 11.5. The fourth-order valence-corrected chi connectivity index (χ4v) is 1.81. The molecule has 2 nitrogen and oxygen atoms in total. The molecule has 0 unspecified atom stereocenters. The van der Waals surface area contributed by atoms with Gasteiger partial charge in [-0.15, -0.1) is 0 Å². The third kappa shape index (κ3) is 2.07. The molecule has 1 heterocycles. The molecular formula is C12H9BrFNO. The van der Waals surface area contributed by atoms with Crippen LogP contribution < -0.4 is 5.56 Å². The van der Waals surface area contributed by atoms with Crippen LogP contribution in [0.1, 0.15) is 5.69 Å². The van der Waals surface area contributed by atoms with Crippen LogP contribution in [0.3, 0.4) is 0 Å². The van der Waals surface area contributed by atoms with E-state index < -0.39 is 0 Å². The highest BCUT2D eigenvalue weighted by Crippen LogP contribution is 2.18. The van der Waals surface area contributed by atoms with E-state index in [1.54, 1.807) is 30.3 Å². The average Bonchev–Trinajstić information content (AvgIpc) is 2.30. The number of nitrogens with one attached hydrogen (secondary N) is 1. The minimum absolute atomic E-state index is 0.276. The highest BCUT2D eigenvalue weighted by Gasteiger charge is 2.07. The van der Waals surface area contributed by atoms with Gasteiger partial charge in [0, 0.05) is 22.2 Å². The summed E-state index contributed by atoms with van der Waals surface area (Å²) in [5, 5.41) is 0.569. The van der Waals surface area contributed by atoms with E-state index in [2.05, 4.69) is 20.9 Å². The molecule has 82 valence electrons. The second-order valence-corrected chi connectivity index (χ2v) is 3.90. The second-order valence-electron chi connectivity index (χ2n) is 3.34. The van der Waals surface area contributed by atoms with Gasteiger partial charge in [0.05, 0.1) is 0 Å². The normalized spacial score (nSPS) is 10.4. The van der Waals surface area contributed by atoms with E-state index >= 15 is 0 Å². The third-order valence-corrected chi connectivity index (χ3v) is 2.88. The zero-order valence-electron chi connectivity index (χ0n) is 8.34. The van der Waals surface area contributed by atoms with E-state index in [1.165, 1.54) is 6.07 Å². The van der Waals surface area contributed by atoms with Crippen molar-refractivity contribution in [2.75, 3.05) is 0 Å². The van der Waals surface area contributed by atoms with E-state index in [0.29, 0.717) is 16.5 Å². The van der Waals surface area contributed by atoms with Gasteiger partial charge in [0.2, 0.25) is 0 Å². The van der Waals surface area contributed by atoms with Gasteiger partial charge in [-0.3, -0.25) is 4.79 Å². The SMILES string of the molecule is O=c1[nH]c(CBr)ccc1-c1ccccc1F. The average molecular weight is 282 g/mol. The van der Waals surface area contributed by atoms with Gasteiger partial charge in [-0.05, 0) is 18.2 Å². The third-order valence-electron chi connectivity index (χ3n) is 2.28. The van der Waals surface area contributed by atoms with E-state index in [4.69, 9.17) is 0 Å². The van der Waals surface area contributed by atoms with Gasteiger partial charge in [-0.2, -0.15) is 0 Å². The summed E-state index contributed by atoms with van der Waals surface area (Å²) in [7, 11) is 0. The molecule has 0 spiro atoms. The number of alkyl halides is 1. The summed E-state index contributed by atoms with van der Waals surface area (Å²) in [5.41, 5.74) is 1.17. The molecule has 0 aliphatic carbocycles. The Morgan fingerprint density at radius 2 is 1.88 bits per heavy atom. The summed E-state index contributed by atoms with van der Waals surface area (Å²) in [6.45, 7) is 0. The smallest absolute Gasteiger partial charge is 0.256 e. The number of aromatic nitrogens is 1. The molecule has 0 aliphatic heterocycles. The van der Waals surface area contributed by atoms with E-state index in [1.807, 2.05) is 0 Å². The standard InChI is InChI=1S/C12H9BrFNO/c13-7-8-5-6-10(12(16)15-8)9-3-1-2-4-11(9)14/h1-6H,7H2,(H,15,16). The number of H-pyrrole nitrogens is 1. The second kappa shape index (κ2) is 4.61. The lowest BCUT2D eigenvalue weighted by atomic mass is 10.1. The van der Waals surface area contributed by atoms with Crippen molar-refractivity contribution >= 4 is 15.9 Å². The lowest BCUT2D eigenvalue weighted by molar-refractivity contribution is 0.631. The van der Waals surface area contributed by atoms with Crippen molar-refractivity contribution in [2.45, 2.75) is 5.33 Å². The summed E-state index contributed by atoms with van der Waals surface area (Å²) in [6, 6.07) is 9.63. The van der Waals surface area contributed by atoms with Crippen LogP contribution >= 0.6 is 15.9 Å². The molecule has 0 saturated heterocycles. The molecule has 0 amide bonds. The molecule has 1 N–H and O–H groups in total. The van der Waals surface area contributed by atoms with Gasteiger partial charge in [0.1, 0.15) is 5.82 Å². The Hall–Kier alpha value is -1.42. The molecule has 16 heavy (non-hydrogen) atoms. The fourth-order valence-electron chi connectivity index (χ4n) is 1.48. The van der Waals surface area contributed by atoms with Crippen molar-refractivity contribution in [3.8, 4) is 11.1 Å². The van der Waals surface area contributed by atoms with Gasteiger partial charge in [0.25, 0.3) is 5.56 Å². The minimum atomic E-state index is -0.389. The number of hydrogen-bond acceptors (Lipinski definition) is 1. The summed E-state index contributed by atoms with van der Waals surface area (Å²) in [4.78, 5) is 14.4. The molecule has 1 aromatic heterocycles. The molecule has 0 atom stereocenters. The van der Waals surface area contributed by atoms with Gasteiger partial charge in [-0.25, -0.2) is 4.39 Å². The highest BCUT2D eigenvalue weighted by atomic mass is 79.9. The predicted molar refractivity (Wildman–Crippen MR) is 65.1 cm³/mol. The molecule has 0 aliphatic rings. The molecule has 0 saturated carbocycles. The largest absolute Gasteiger partial charge is 0.325 e. The van der Waals surface area contributed by atoms with Crippen molar-refractivity contribution in [3.05, 3.63) is 58.3 Å². The van der Waals surface area contributed by atoms with Crippen LogP contribution in [-0.4, -0.2) is 4.98 Å². The lowest BCUT2D eigenvalue weighted by Gasteiger charge is -2.03. The van der Waals surface area contributed by atoms with Crippen LogP contribution in [0, 0.1) is 5.82 Å². The first-order chi connectivity index (χ1) is 7.72. The Kier molecular flexibility index (Phi) is 3.19. The van der Waals surface area contributed by atoms with Crippen molar-refractivity contribution in [2.24, 2.45) is 0 Å². The van der Waals surface area contributed by atoms with Crippen molar-refractivity contribution < 1.29 is 4.39 Å². The Morgan fingerprint density at radius 1 is 1.12 bits per heavy atom. The number of rotatable bonds is 2. The van der Waals surface area contributed by atoms with Crippen LogP contribution in [0.5, 0.6) is 0 Å². The number of aromatic amines is 1. The summed E-state index contributed by atoms with van der Waals surface area (Å²) in [5.74, 6) is -0.389. The van der Waals surface area contributed by atoms with Crippen LogP contribution in [0.15, 0.2) is 41.2 Å². The lowest BCUT2D eigenvalue weighted by Crippen LogP contribution is -2.11. The van der Waals surface area contributed by atoms with E-state index in [0.717, 1.165) is 5.69 Å². The maximum Gasteiger partial charge on any atom is 0.256 e. The predicted octanol–water partition coefficient (Wildman–Crippen LogP) is 3.08. The molecular weight excluding hydrogens is 273 g/mol. The number of benzene rings is 1. The van der Waals surface area contributed by atoms with Gasteiger partial charge in [-0.1, -0.05) is 34.1 Å². The Labute approximate surface area is 100 Å². The van der Waals surface area contributed by atoms with Crippen molar-refractivity contribution in [1.82, 2.24) is 4.98 Å². The molecule has 0 radical (unpaired) electrons. The Bertz CT molecular complexity index is 565. The van der Waals surface area contributed by atoms with Crippen LogP contribution in [-0.2, 0) is 5.33 Å². The summed E-state index contributed by atoms with van der Waals surface area (Å²) in [6.07, 6.45) is 0. The van der Waals surface area contributed by atoms with Gasteiger partial charge >= 0.3 is 0 Å². The number of halogens is 2. The Morgan fingerprint density at radius 3 is 2.50 bits per heavy atom. The number of hydrogen-bond donors (Lipinski definition) is 1. The van der Waals surface area contributed by atoms with Crippen molar-refractivity contribution in [1.29, 1.82) is 0 Å². The minimum Gasteiger partial charge on any atom is -0.325 e. The first-order valence-electron chi connectivity index (χ1n) is 4.75. The Balaban J connectivity index is 2.58. The first-order valence-corrected chi connectivity index (χ1v) is 5.87. The summed E-state index contributed by atoms with van der Waals surface area (Å²) >= 11 is 3.24. The van der Waals surface area contributed by atoms with Crippen molar-refractivity contribution in [3.63, 3.8) is 0 Å². The van der Waals surface area contributed by atoms with Gasteiger partial charge in [0.15, 0.2) is 0 Å². The first kappa shape index (κ1) is 11.1. The number of pyridine rings is 1. The molecule has 2 rings (SSSR count). The maximum absolute atomic E-state index is 13.5. The highest BCUT2D eigenvalue weighted by molar-refractivity contribution is 9.08. The molecule has 0 fully saturated rings.